The third-order valence-electron chi connectivity index (χ3n) is 9.10. The van der Waals surface area contributed by atoms with Gasteiger partial charge in [0.2, 0.25) is 0 Å². The number of carbonyl (C=O) groups excluding carboxylic acids is 2. The smallest absolute Gasteiger partial charge is 0.252 e. The van der Waals surface area contributed by atoms with E-state index in [0.29, 0.717) is 37.8 Å². The maximum absolute atomic E-state index is 13.0. The van der Waals surface area contributed by atoms with Crippen molar-refractivity contribution < 1.29 is 28.5 Å². The van der Waals surface area contributed by atoms with E-state index in [1.54, 1.807) is 0 Å². The standard InChI is InChI=1S/C40H50N4O6/c1-23(2)19-43-37(45)35-33(47-39(5,6)49-35)31-17-29(21-41-31)27-13-9-25(10-14-27)26-11-15-28(16-12-26)30-18-32(42-22-30)34-36(50-40(7,8)48-34)38(46)44-20-24(3)4/h9-16,21-24,33-36H,17-20H2,1-8H3,(H,43,45)(H,44,46)/t33-,34-,35+,36+/m0/s1. The second-order valence-corrected chi connectivity index (χ2v) is 15.3. The van der Waals surface area contributed by atoms with Gasteiger partial charge in [-0.25, -0.2) is 0 Å². The van der Waals surface area contributed by atoms with E-state index in [2.05, 4.69) is 96.8 Å². The lowest BCUT2D eigenvalue weighted by atomic mass is 9.95. The number of rotatable bonds is 11. The van der Waals surface area contributed by atoms with Crippen molar-refractivity contribution in [2.75, 3.05) is 13.1 Å². The number of amides is 2. The van der Waals surface area contributed by atoms with Crippen molar-refractivity contribution in [3.05, 3.63) is 72.1 Å². The van der Waals surface area contributed by atoms with Crippen LogP contribution in [0, 0.1) is 11.8 Å². The Morgan fingerprint density at radius 3 is 1.30 bits per heavy atom. The lowest BCUT2D eigenvalue weighted by molar-refractivity contribution is -0.154. The van der Waals surface area contributed by atoms with E-state index >= 15 is 0 Å². The fraction of sp³-hybridized carbons (Fsp3) is 0.500. The number of allylic oxidation sites excluding steroid dienone is 2. The van der Waals surface area contributed by atoms with E-state index in [1.807, 2.05) is 40.1 Å². The molecule has 0 bridgehead atoms. The van der Waals surface area contributed by atoms with E-state index < -0.39 is 36.0 Å². The summed E-state index contributed by atoms with van der Waals surface area (Å²) in [5.74, 6) is -1.42. The first kappa shape index (κ1) is 35.9. The molecule has 0 saturated carbocycles. The molecule has 2 aromatic carbocycles. The van der Waals surface area contributed by atoms with Crippen LogP contribution < -0.4 is 10.6 Å². The number of hydrogen-bond donors (Lipinski definition) is 2. The largest absolute Gasteiger partial charge is 0.353 e. The van der Waals surface area contributed by atoms with Crippen molar-refractivity contribution in [2.24, 2.45) is 21.8 Å². The maximum atomic E-state index is 13.0. The SMILES string of the molecule is CC(C)CNC(=O)[C@@H]1OC(C)(C)O[C@H]1C1=NC=C(c2ccc(-c3ccc(C4=CN=C([C@@H]5OC(C)(C)O[C@H]5C(=O)NCC(C)C)C4)cc3)cc2)C1. The van der Waals surface area contributed by atoms with Gasteiger partial charge in [-0.1, -0.05) is 76.2 Å². The normalized spacial score (nSPS) is 25.4. The van der Waals surface area contributed by atoms with Crippen LogP contribution in [0.1, 0.15) is 79.4 Å². The van der Waals surface area contributed by atoms with Crippen LogP contribution in [0.2, 0.25) is 0 Å². The highest BCUT2D eigenvalue weighted by molar-refractivity contribution is 6.05. The lowest BCUT2D eigenvalue weighted by Gasteiger charge is -2.18. The minimum absolute atomic E-state index is 0.172. The van der Waals surface area contributed by atoms with Crippen LogP contribution >= 0.6 is 0 Å². The Morgan fingerprint density at radius 1 is 0.620 bits per heavy atom. The molecule has 4 heterocycles. The van der Waals surface area contributed by atoms with Crippen molar-refractivity contribution in [2.45, 2.75) is 104 Å². The molecule has 4 aliphatic heterocycles. The van der Waals surface area contributed by atoms with Crippen LogP contribution in [0.15, 0.2) is 70.9 Å². The van der Waals surface area contributed by atoms with E-state index in [-0.39, 0.29) is 11.8 Å². The van der Waals surface area contributed by atoms with Crippen LogP contribution in [-0.4, -0.2) is 72.3 Å². The molecule has 2 aromatic rings. The maximum Gasteiger partial charge on any atom is 0.252 e. The highest BCUT2D eigenvalue weighted by Crippen LogP contribution is 2.37. The zero-order valence-corrected chi connectivity index (χ0v) is 30.4. The molecule has 0 spiro atoms. The molecule has 0 aromatic heterocycles. The summed E-state index contributed by atoms with van der Waals surface area (Å²) in [6.07, 6.45) is 2.35. The van der Waals surface area contributed by atoms with Crippen LogP contribution in [0.5, 0.6) is 0 Å². The number of nitrogens with one attached hydrogen (secondary N) is 2. The van der Waals surface area contributed by atoms with Crippen molar-refractivity contribution in [1.29, 1.82) is 0 Å². The second kappa shape index (κ2) is 14.3. The van der Waals surface area contributed by atoms with Crippen molar-refractivity contribution in [1.82, 2.24) is 10.6 Å². The first-order valence-corrected chi connectivity index (χ1v) is 17.7. The summed E-state index contributed by atoms with van der Waals surface area (Å²) in [6, 6.07) is 16.9. The number of benzene rings is 2. The summed E-state index contributed by atoms with van der Waals surface area (Å²) in [4.78, 5) is 35.3. The fourth-order valence-corrected chi connectivity index (χ4v) is 6.55. The molecule has 10 nitrogen and oxygen atoms in total. The Morgan fingerprint density at radius 2 is 0.960 bits per heavy atom. The molecule has 2 fully saturated rings. The van der Waals surface area contributed by atoms with Crippen molar-refractivity contribution >= 4 is 34.4 Å². The number of ether oxygens (including phenoxy) is 4. The van der Waals surface area contributed by atoms with Gasteiger partial charge in [-0.15, -0.1) is 0 Å². The van der Waals surface area contributed by atoms with Crippen LogP contribution in [0.4, 0.5) is 0 Å². The van der Waals surface area contributed by atoms with Crippen molar-refractivity contribution in [3.63, 3.8) is 0 Å². The highest BCUT2D eigenvalue weighted by Gasteiger charge is 2.49. The number of aliphatic imine (C=N–C) groups is 2. The molecule has 2 N–H and O–H groups in total. The summed E-state index contributed by atoms with van der Waals surface area (Å²) in [5, 5.41) is 5.96. The molecule has 4 atom stereocenters. The van der Waals surface area contributed by atoms with Gasteiger partial charge >= 0.3 is 0 Å². The van der Waals surface area contributed by atoms with E-state index in [1.165, 1.54) is 0 Å². The fourth-order valence-electron chi connectivity index (χ4n) is 6.55. The number of carbonyl (C=O) groups is 2. The molecule has 0 radical (unpaired) electrons. The summed E-state index contributed by atoms with van der Waals surface area (Å²) >= 11 is 0. The van der Waals surface area contributed by atoms with Crippen LogP contribution in [0.25, 0.3) is 22.3 Å². The topological polar surface area (TPSA) is 120 Å². The molecular formula is C40H50N4O6. The Bertz CT molecular complexity index is 1590. The zero-order valence-electron chi connectivity index (χ0n) is 30.4. The molecule has 10 heteroatoms. The quantitative estimate of drug-likeness (QED) is 0.287. The van der Waals surface area contributed by atoms with Gasteiger partial charge in [-0.2, -0.15) is 0 Å². The van der Waals surface area contributed by atoms with Gasteiger partial charge in [-0.05, 0) is 72.9 Å². The summed E-state index contributed by atoms with van der Waals surface area (Å²) in [6.45, 7) is 16.7. The number of nitrogens with zero attached hydrogens (tertiary/aromatic N) is 2. The van der Waals surface area contributed by atoms with Gasteiger partial charge in [-0.3, -0.25) is 19.6 Å². The van der Waals surface area contributed by atoms with Crippen molar-refractivity contribution in [3.8, 4) is 11.1 Å². The van der Waals surface area contributed by atoms with E-state index in [9.17, 15) is 9.59 Å². The molecule has 0 aliphatic carbocycles. The highest BCUT2D eigenvalue weighted by atomic mass is 16.8. The molecule has 0 unspecified atom stereocenters. The summed E-state index contributed by atoms with van der Waals surface area (Å²) in [7, 11) is 0. The third-order valence-corrected chi connectivity index (χ3v) is 9.10. The van der Waals surface area contributed by atoms with Gasteiger partial charge in [0, 0.05) is 38.3 Å². The first-order chi connectivity index (χ1) is 23.7. The monoisotopic (exact) mass is 682 g/mol. The molecule has 2 amide bonds. The molecule has 50 heavy (non-hydrogen) atoms. The Kier molecular flexibility index (Phi) is 10.3. The molecular weight excluding hydrogens is 632 g/mol. The van der Waals surface area contributed by atoms with Gasteiger partial charge in [0.05, 0.1) is 11.4 Å². The Balaban J connectivity index is 1.05. The average molecular weight is 683 g/mol. The minimum atomic E-state index is -0.874. The van der Waals surface area contributed by atoms with E-state index in [0.717, 1.165) is 44.8 Å². The Labute approximate surface area is 295 Å². The molecule has 266 valence electrons. The summed E-state index contributed by atoms with van der Waals surface area (Å²) in [5.41, 5.74) is 8.07. The predicted octanol–water partition coefficient (Wildman–Crippen LogP) is 6.31. The predicted molar refractivity (Wildman–Crippen MR) is 195 cm³/mol. The van der Waals surface area contributed by atoms with E-state index in [4.69, 9.17) is 18.9 Å². The third kappa shape index (κ3) is 8.15. The second-order valence-electron chi connectivity index (χ2n) is 15.3. The molecule has 2 saturated heterocycles. The van der Waals surface area contributed by atoms with Gasteiger partial charge in [0.15, 0.2) is 23.8 Å². The zero-order chi connectivity index (χ0) is 35.8. The lowest BCUT2D eigenvalue weighted by Crippen LogP contribution is -2.44. The molecule has 4 aliphatic rings. The minimum Gasteiger partial charge on any atom is -0.353 e. The van der Waals surface area contributed by atoms with Gasteiger partial charge in [0.1, 0.15) is 12.2 Å². The average Bonchev–Trinajstić information content (AvgIpc) is 3.87. The van der Waals surface area contributed by atoms with Gasteiger partial charge < -0.3 is 29.6 Å². The molecule has 6 rings (SSSR count). The first-order valence-electron chi connectivity index (χ1n) is 17.7. The Hall–Kier alpha value is -3.96. The summed E-state index contributed by atoms with van der Waals surface area (Å²) < 4.78 is 24.3. The number of hydrogen-bond acceptors (Lipinski definition) is 8. The van der Waals surface area contributed by atoms with Gasteiger partial charge in [0.25, 0.3) is 11.8 Å². The van der Waals surface area contributed by atoms with Crippen LogP contribution in [0.3, 0.4) is 0 Å². The van der Waals surface area contributed by atoms with Crippen LogP contribution in [-0.2, 0) is 28.5 Å².